The first-order valence-corrected chi connectivity index (χ1v) is 7.37. The minimum absolute atomic E-state index is 0.00204. The number of hydrogen-bond acceptors (Lipinski definition) is 4. The van der Waals surface area contributed by atoms with Crippen molar-refractivity contribution in [2.75, 3.05) is 43.4 Å². The number of benzene rings is 1. The van der Waals surface area contributed by atoms with Gasteiger partial charge in [0, 0.05) is 44.0 Å². The van der Waals surface area contributed by atoms with Gasteiger partial charge < -0.3 is 16.0 Å². The summed E-state index contributed by atoms with van der Waals surface area (Å²) in [5, 5.41) is 9.10. The third-order valence-corrected chi connectivity index (χ3v) is 3.90. The second-order valence-electron chi connectivity index (χ2n) is 5.45. The lowest BCUT2D eigenvalue weighted by molar-refractivity contribution is -0.117. The van der Waals surface area contributed by atoms with Gasteiger partial charge in [-0.1, -0.05) is 6.07 Å². The largest absolute Gasteiger partial charge is 0.326 e. The topological polar surface area (TPSA) is 73.5 Å². The average Bonchev–Trinajstić information content (AvgIpc) is 2.48. The van der Waals surface area contributed by atoms with Crippen LogP contribution in [0.3, 0.4) is 0 Å². The molecule has 112 valence electrons. The van der Waals surface area contributed by atoms with Crippen molar-refractivity contribution in [1.29, 1.82) is 0 Å². The molecule has 6 heteroatoms. The van der Waals surface area contributed by atoms with Crippen molar-refractivity contribution in [3.8, 4) is 0 Å². The van der Waals surface area contributed by atoms with Crippen LogP contribution in [0.25, 0.3) is 0 Å². The molecule has 0 bridgehead atoms. The van der Waals surface area contributed by atoms with E-state index in [0.717, 1.165) is 43.1 Å². The number of nitrogens with one attached hydrogen (secondary N) is 3. The van der Waals surface area contributed by atoms with E-state index in [9.17, 15) is 9.59 Å². The SMILES string of the molecule is O=C1CCc2c(cccc2NC(=O)CN2CCNCC2)N1. The van der Waals surface area contributed by atoms with Gasteiger partial charge in [0.15, 0.2) is 0 Å². The number of fused-ring (bicyclic) bond motifs is 1. The highest BCUT2D eigenvalue weighted by atomic mass is 16.2. The van der Waals surface area contributed by atoms with E-state index < -0.39 is 0 Å². The van der Waals surface area contributed by atoms with Gasteiger partial charge in [-0.3, -0.25) is 14.5 Å². The highest BCUT2D eigenvalue weighted by molar-refractivity contribution is 5.98. The van der Waals surface area contributed by atoms with Gasteiger partial charge >= 0.3 is 0 Å². The van der Waals surface area contributed by atoms with E-state index in [0.29, 0.717) is 19.4 Å². The van der Waals surface area contributed by atoms with Gasteiger partial charge in [-0.15, -0.1) is 0 Å². The van der Waals surface area contributed by atoms with Crippen LogP contribution in [0.15, 0.2) is 18.2 Å². The van der Waals surface area contributed by atoms with E-state index in [1.807, 2.05) is 18.2 Å². The molecule has 3 N–H and O–H groups in total. The fourth-order valence-corrected chi connectivity index (χ4v) is 2.80. The zero-order valence-corrected chi connectivity index (χ0v) is 11.9. The van der Waals surface area contributed by atoms with Crippen LogP contribution in [0, 0.1) is 0 Å². The zero-order chi connectivity index (χ0) is 14.7. The van der Waals surface area contributed by atoms with Crippen molar-refractivity contribution in [3.05, 3.63) is 23.8 Å². The van der Waals surface area contributed by atoms with Crippen LogP contribution in [-0.2, 0) is 16.0 Å². The fraction of sp³-hybridized carbons (Fsp3) is 0.467. The monoisotopic (exact) mass is 288 g/mol. The van der Waals surface area contributed by atoms with E-state index in [-0.39, 0.29) is 11.8 Å². The Hall–Kier alpha value is -1.92. The summed E-state index contributed by atoms with van der Waals surface area (Å²) in [5.41, 5.74) is 2.64. The number of nitrogens with zero attached hydrogens (tertiary/aromatic N) is 1. The van der Waals surface area contributed by atoms with Crippen LogP contribution in [0.2, 0.25) is 0 Å². The van der Waals surface area contributed by atoms with Gasteiger partial charge in [-0.25, -0.2) is 0 Å². The number of carbonyl (C=O) groups excluding carboxylic acids is 2. The van der Waals surface area contributed by atoms with Gasteiger partial charge in [0.2, 0.25) is 11.8 Å². The lowest BCUT2D eigenvalue weighted by atomic mass is 10.0. The Morgan fingerprint density at radius 3 is 2.86 bits per heavy atom. The van der Waals surface area contributed by atoms with Crippen LogP contribution < -0.4 is 16.0 Å². The lowest BCUT2D eigenvalue weighted by Gasteiger charge is -2.27. The zero-order valence-electron chi connectivity index (χ0n) is 11.9. The Balaban J connectivity index is 1.66. The Labute approximate surface area is 123 Å². The minimum Gasteiger partial charge on any atom is -0.326 e. The molecule has 1 fully saturated rings. The second kappa shape index (κ2) is 6.24. The summed E-state index contributed by atoms with van der Waals surface area (Å²) in [7, 11) is 0. The molecule has 2 aliphatic rings. The Morgan fingerprint density at radius 1 is 1.24 bits per heavy atom. The second-order valence-corrected chi connectivity index (χ2v) is 5.45. The van der Waals surface area contributed by atoms with Gasteiger partial charge in [0.25, 0.3) is 0 Å². The molecule has 21 heavy (non-hydrogen) atoms. The first-order valence-electron chi connectivity index (χ1n) is 7.37. The van der Waals surface area contributed by atoms with Crippen LogP contribution in [0.4, 0.5) is 11.4 Å². The number of piperazine rings is 1. The predicted octanol–water partition coefficient (Wildman–Crippen LogP) is 0.415. The van der Waals surface area contributed by atoms with E-state index in [1.54, 1.807) is 0 Å². The van der Waals surface area contributed by atoms with E-state index in [2.05, 4.69) is 20.9 Å². The standard InChI is InChI=1S/C15H20N4O2/c20-14-5-4-11-12(17-14)2-1-3-13(11)18-15(21)10-19-8-6-16-7-9-19/h1-3,16H,4-10H2,(H,17,20)(H,18,21). The Kier molecular flexibility index (Phi) is 4.17. The highest BCUT2D eigenvalue weighted by Crippen LogP contribution is 2.29. The minimum atomic E-state index is 0.00204. The Bertz CT molecular complexity index is 553. The molecule has 0 aliphatic carbocycles. The van der Waals surface area contributed by atoms with Crippen LogP contribution in [0.5, 0.6) is 0 Å². The number of carbonyl (C=O) groups is 2. The number of hydrogen-bond donors (Lipinski definition) is 3. The molecule has 0 atom stereocenters. The van der Waals surface area contributed by atoms with E-state index >= 15 is 0 Å². The van der Waals surface area contributed by atoms with Crippen molar-refractivity contribution in [2.45, 2.75) is 12.8 Å². The fourth-order valence-electron chi connectivity index (χ4n) is 2.80. The molecule has 1 aromatic carbocycles. The summed E-state index contributed by atoms with van der Waals surface area (Å²) >= 11 is 0. The maximum absolute atomic E-state index is 12.2. The molecular formula is C15H20N4O2. The van der Waals surface area contributed by atoms with Crippen LogP contribution >= 0.6 is 0 Å². The van der Waals surface area contributed by atoms with Crippen molar-refractivity contribution in [3.63, 3.8) is 0 Å². The molecule has 3 rings (SSSR count). The highest BCUT2D eigenvalue weighted by Gasteiger charge is 2.19. The molecular weight excluding hydrogens is 268 g/mol. The molecule has 6 nitrogen and oxygen atoms in total. The van der Waals surface area contributed by atoms with Gasteiger partial charge in [-0.05, 0) is 24.1 Å². The average molecular weight is 288 g/mol. The number of amides is 2. The molecule has 2 amide bonds. The van der Waals surface area contributed by atoms with Crippen LogP contribution in [0.1, 0.15) is 12.0 Å². The summed E-state index contributed by atoms with van der Waals surface area (Å²) in [6, 6.07) is 5.62. The molecule has 0 spiro atoms. The molecule has 0 unspecified atom stereocenters. The van der Waals surface area contributed by atoms with Gasteiger partial charge in [-0.2, -0.15) is 0 Å². The molecule has 1 saturated heterocycles. The van der Waals surface area contributed by atoms with Crippen molar-refractivity contribution < 1.29 is 9.59 Å². The van der Waals surface area contributed by atoms with Gasteiger partial charge in [0.05, 0.1) is 6.54 Å². The van der Waals surface area contributed by atoms with Crippen molar-refractivity contribution >= 4 is 23.2 Å². The smallest absolute Gasteiger partial charge is 0.238 e. The molecule has 0 aromatic heterocycles. The quantitative estimate of drug-likeness (QED) is 0.753. The molecule has 2 heterocycles. The molecule has 0 saturated carbocycles. The summed E-state index contributed by atoms with van der Waals surface area (Å²) in [6.45, 7) is 4.07. The lowest BCUT2D eigenvalue weighted by Crippen LogP contribution is -2.46. The normalized spacial score (nSPS) is 18.8. The summed E-state index contributed by atoms with van der Waals surface area (Å²) in [6.07, 6.45) is 1.14. The molecule has 2 aliphatic heterocycles. The third-order valence-electron chi connectivity index (χ3n) is 3.90. The number of rotatable bonds is 3. The van der Waals surface area contributed by atoms with Crippen molar-refractivity contribution in [1.82, 2.24) is 10.2 Å². The first-order chi connectivity index (χ1) is 10.2. The van der Waals surface area contributed by atoms with Crippen LogP contribution in [-0.4, -0.2) is 49.4 Å². The summed E-state index contributed by atoms with van der Waals surface area (Å²) in [4.78, 5) is 25.7. The van der Waals surface area contributed by atoms with E-state index in [1.165, 1.54) is 0 Å². The number of anilines is 2. The predicted molar refractivity (Wildman–Crippen MR) is 81.3 cm³/mol. The maximum atomic E-state index is 12.2. The van der Waals surface area contributed by atoms with Gasteiger partial charge in [0.1, 0.15) is 0 Å². The summed E-state index contributed by atoms with van der Waals surface area (Å²) in [5.74, 6) is 0.0361. The molecule has 0 radical (unpaired) electrons. The maximum Gasteiger partial charge on any atom is 0.238 e. The first kappa shape index (κ1) is 14.0. The molecule has 1 aromatic rings. The Morgan fingerprint density at radius 2 is 2.05 bits per heavy atom. The third kappa shape index (κ3) is 3.40. The van der Waals surface area contributed by atoms with E-state index in [4.69, 9.17) is 0 Å². The van der Waals surface area contributed by atoms with Crippen molar-refractivity contribution in [2.24, 2.45) is 0 Å². The summed E-state index contributed by atoms with van der Waals surface area (Å²) < 4.78 is 0.